The molecule has 2 atom stereocenters. The summed E-state index contributed by atoms with van der Waals surface area (Å²) in [6.45, 7) is 0.525. The van der Waals surface area contributed by atoms with Crippen molar-refractivity contribution in [2.75, 3.05) is 26.3 Å². The lowest BCUT2D eigenvalue weighted by Crippen LogP contribution is -2.42. The van der Waals surface area contributed by atoms with E-state index in [1.807, 2.05) is 29.4 Å². The average Bonchev–Trinajstić information content (AvgIpc) is 3.26. The summed E-state index contributed by atoms with van der Waals surface area (Å²) in [5, 5.41) is 15.3. The number of carbonyl (C=O) groups is 1. The number of nitrogens with zero attached hydrogens (tertiary/aromatic N) is 2. The summed E-state index contributed by atoms with van der Waals surface area (Å²) in [6.07, 6.45) is -4.59. The molecule has 1 aromatic heterocycles. The van der Waals surface area contributed by atoms with Crippen molar-refractivity contribution in [2.45, 2.75) is 12.1 Å². The quantitative estimate of drug-likeness (QED) is 0.852. The number of H-pyrrole nitrogens is 1. The number of aromatic amines is 1. The zero-order valence-corrected chi connectivity index (χ0v) is 13.6. The topological polar surface area (TPSA) is 78.5 Å². The molecule has 4 rings (SSSR count). The molecule has 0 radical (unpaired) electrons. The van der Waals surface area contributed by atoms with E-state index in [4.69, 9.17) is 4.74 Å². The SMILES string of the molecule is O=C(c1cc(C(F)(F)F)[nH]n1)N1C[C@@H]2c3ccccc3OC[C@]2(CO)C1. The third-order valence-electron chi connectivity index (χ3n) is 5.16. The van der Waals surface area contributed by atoms with Crippen LogP contribution in [0.3, 0.4) is 0 Å². The monoisotopic (exact) mass is 367 g/mol. The Hall–Kier alpha value is -2.55. The smallest absolute Gasteiger partial charge is 0.432 e. The summed E-state index contributed by atoms with van der Waals surface area (Å²) >= 11 is 0. The number of nitrogens with one attached hydrogen (secondary N) is 1. The number of para-hydroxylation sites is 1. The van der Waals surface area contributed by atoms with Crippen LogP contribution in [-0.2, 0) is 6.18 Å². The van der Waals surface area contributed by atoms with E-state index in [-0.39, 0.29) is 37.9 Å². The Balaban J connectivity index is 1.62. The zero-order valence-electron chi connectivity index (χ0n) is 13.6. The van der Waals surface area contributed by atoms with Gasteiger partial charge >= 0.3 is 6.18 Å². The third-order valence-corrected chi connectivity index (χ3v) is 5.16. The van der Waals surface area contributed by atoms with E-state index in [2.05, 4.69) is 5.10 Å². The summed E-state index contributed by atoms with van der Waals surface area (Å²) < 4.78 is 43.9. The number of benzene rings is 1. The summed E-state index contributed by atoms with van der Waals surface area (Å²) in [4.78, 5) is 14.1. The van der Waals surface area contributed by atoms with Crippen LogP contribution < -0.4 is 4.74 Å². The van der Waals surface area contributed by atoms with Crippen LogP contribution in [0.15, 0.2) is 30.3 Å². The van der Waals surface area contributed by atoms with Crippen LogP contribution >= 0.6 is 0 Å². The number of amides is 1. The van der Waals surface area contributed by atoms with E-state index < -0.39 is 23.2 Å². The number of aliphatic hydroxyl groups is 1. The Labute approximate surface area is 146 Å². The van der Waals surface area contributed by atoms with Crippen LogP contribution in [0.5, 0.6) is 5.75 Å². The van der Waals surface area contributed by atoms with E-state index in [1.165, 1.54) is 4.90 Å². The molecule has 2 N–H and O–H groups in total. The molecule has 3 heterocycles. The van der Waals surface area contributed by atoms with Gasteiger partial charge in [0.1, 0.15) is 11.4 Å². The molecule has 1 amide bonds. The summed E-state index contributed by atoms with van der Waals surface area (Å²) in [5.41, 5.74) is -1.14. The molecule has 0 saturated carbocycles. The third kappa shape index (κ3) is 2.54. The Kier molecular flexibility index (Phi) is 3.72. The number of carbonyl (C=O) groups excluding carboxylic acids is 1. The van der Waals surface area contributed by atoms with Gasteiger partial charge in [-0.15, -0.1) is 0 Å². The normalized spacial score (nSPS) is 24.8. The molecule has 138 valence electrons. The number of aromatic nitrogens is 2. The first-order valence-corrected chi connectivity index (χ1v) is 8.08. The molecule has 0 spiro atoms. The van der Waals surface area contributed by atoms with E-state index in [9.17, 15) is 23.1 Å². The molecule has 6 nitrogen and oxygen atoms in total. The van der Waals surface area contributed by atoms with E-state index in [0.717, 1.165) is 5.56 Å². The molecular formula is C17H16F3N3O3. The fourth-order valence-corrected chi connectivity index (χ4v) is 3.76. The number of alkyl halides is 3. The lowest BCUT2D eigenvalue weighted by molar-refractivity contribution is -0.141. The molecule has 0 aliphatic carbocycles. The van der Waals surface area contributed by atoms with Gasteiger partial charge in [0.25, 0.3) is 5.91 Å². The maximum Gasteiger partial charge on any atom is 0.432 e. The van der Waals surface area contributed by atoms with Crippen molar-refractivity contribution in [1.82, 2.24) is 15.1 Å². The number of aliphatic hydroxyl groups excluding tert-OH is 1. The molecule has 2 aliphatic heterocycles. The van der Waals surface area contributed by atoms with Gasteiger partial charge in [-0.05, 0) is 11.6 Å². The second kappa shape index (κ2) is 5.73. The Bertz CT molecular complexity index is 851. The van der Waals surface area contributed by atoms with Crippen molar-refractivity contribution in [1.29, 1.82) is 0 Å². The van der Waals surface area contributed by atoms with Gasteiger partial charge in [-0.2, -0.15) is 18.3 Å². The number of likely N-dealkylation sites (tertiary alicyclic amines) is 1. The number of halogens is 3. The standard InChI is InChI=1S/C17H16F3N3O3/c18-17(19,20)14-5-12(21-22-14)15(25)23-6-11-10-3-1-2-4-13(10)26-9-16(11,7-23)8-24/h1-5,11,24H,6-9H2,(H,21,22)/t11-,16-/m1/s1. The number of ether oxygens (including phenoxy) is 1. The molecule has 1 fully saturated rings. The maximum absolute atomic E-state index is 12.7. The first-order chi connectivity index (χ1) is 12.3. The highest BCUT2D eigenvalue weighted by atomic mass is 19.4. The predicted octanol–water partition coefficient (Wildman–Crippen LogP) is 2.04. The van der Waals surface area contributed by atoms with Gasteiger partial charge in [-0.3, -0.25) is 9.89 Å². The van der Waals surface area contributed by atoms with Crippen molar-refractivity contribution in [3.05, 3.63) is 47.3 Å². The average molecular weight is 367 g/mol. The molecule has 0 unspecified atom stereocenters. The lowest BCUT2D eigenvalue weighted by atomic mass is 9.74. The first kappa shape index (κ1) is 16.9. The van der Waals surface area contributed by atoms with Crippen LogP contribution in [-0.4, -0.2) is 52.4 Å². The summed E-state index contributed by atoms with van der Waals surface area (Å²) in [7, 11) is 0. The van der Waals surface area contributed by atoms with Gasteiger partial charge in [0, 0.05) is 25.1 Å². The largest absolute Gasteiger partial charge is 0.493 e. The Morgan fingerprint density at radius 2 is 2.19 bits per heavy atom. The highest BCUT2D eigenvalue weighted by Crippen LogP contribution is 2.49. The van der Waals surface area contributed by atoms with E-state index in [1.54, 1.807) is 0 Å². The van der Waals surface area contributed by atoms with Crippen LogP contribution in [0.2, 0.25) is 0 Å². The van der Waals surface area contributed by atoms with Crippen molar-refractivity contribution >= 4 is 5.91 Å². The van der Waals surface area contributed by atoms with Crippen molar-refractivity contribution in [2.24, 2.45) is 5.41 Å². The minimum absolute atomic E-state index is 0.151. The van der Waals surface area contributed by atoms with E-state index >= 15 is 0 Å². The number of hydrogen-bond acceptors (Lipinski definition) is 4. The molecule has 0 bridgehead atoms. The first-order valence-electron chi connectivity index (χ1n) is 8.08. The highest BCUT2D eigenvalue weighted by molar-refractivity contribution is 5.92. The van der Waals surface area contributed by atoms with Crippen molar-refractivity contribution < 1.29 is 27.8 Å². The molecule has 9 heteroatoms. The minimum Gasteiger partial charge on any atom is -0.493 e. The molecule has 1 saturated heterocycles. The minimum atomic E-state index is -4.59. The van der Waals surface area contributed by atoms with Gasteiger partial charge in [-0.1, -0.05) is 18.2 Å². The summed E-state index contributed by atoms with van der Waals surface area (Å²) in [5.74, 6) is -0.0473. The van der Waals surface area contributed by atoms with Crippen LogP contribution in [0.1, 0.15) is 27.7 Å². The van der Waals surface area contributed by atoms with Gasteiger partial charge in [-0.25, -0.2) is 0 Å². The Morgan fingerprint density at radius 1 is 1.42 bits per heavy atom. The van der Waals surface area contributed by atoms with Gasteiger partial charge in [0.2, 0.25) is 0 Å². The second-order valence-corrected chi connectivity index (χ2v) is 6.75. The van der Waals surface area contributed by atoms with Gasteiger partial charge < -0.3 is 14.7 Å². The molecule has 26 heavy (non-hydrogen) atoms. The van der Waals surface area contributed by atoms with E-state index in [0.29, 0.717) is 11.8 Å². The van der Waals surface area contributed by atoms with Crippen molar-refractivity contribution in [3.63, 3.8) is 0 Å². The number of fused-ring (bicyclic) bond motifs is 3. The Morgan fingerprint density at radius 3 is 2.88 bits per heavy atom. The lowest BCUT2D eigenvalue weighted by Gasteiger charge is -2.37. The molecular weight excluding hydrogens is 351 g/mol. The molecule has 2 aliphatic rings. The highest BCUT2D eigenvalue weighted by Gasteiger charge is 2.52. The maximum atomic E-state index is 12.7. The van der Waals surface area contributed by atoms with Crippen LogP contribution in [0.4, 0.5) is 13.2 Å². The second-order valence-electron chi connectivity index (χ2n) is 6.75. The fraction of sp³-hybridized carbons (Fsp3) is 0.412. The van der Waals surface area contributed by atoms with Gasteiger partial charge in [0.15, 0.2) is 5.69 Å². The van der Waals surface area contributed by atoms with Crippen LogP contribution in [0, 0.1) is 5.41 Å². The predicted molar refractivity (Wildman–Crippen MR) is 83.7 cm³/mol. The zero-order chi connectivity index (χ0) is 18.5. The van der Waals surface area contributed by atoms with Gasteiger partial charge in [0.05, 0.1) is 18.6 Å². The number of hydrogen-bond donors (Lipinski definition) is 2. The van der Waals surface area contributed by atoms with Crippen molar-refractivity contribution in [3.8, 4) is 5.75 Å². The van der Waals surface area contributed by atoms with Crippen LogP contribution in [0.25, 0.3) is 0 Å². The summed E-state index contributed by atoms with van der Waals surface area (Å²) in [6, 6.07) is 8.10. The molecule has 1 aromatic carbocycles. The number of rotatable bonds is 2. The molecule has 2 aromatic rings. The fourth-order valence-electron chi connectivity index (χ4n) is 3.76.